The molecule has 7 rings (SSSR count). The lowest BCUT2D eigenvalue weighted by atomic mass is 9.84. The Morgan fingerprint density at radius 3 is 2.47 bits per heavy atom. The molecule has 1 aliphatic heterocycles. The van der Waals surface area contributed by atoms with Crippen LogP contribution in [-0.2, 0) is 0 Å². The van der Waals surface area contributed by atoms with Gasteiger partial charge < -0.3 is 14.6 Å². The van der Waals surface area contributed by atoms with Crippen LogP contribution in [0.2, 0.25) is 0 Å². The first-order valence-corrected chi connectivity index (χ1v) is 12.1. The molecule has 0 unspecified atom stereocenters. The summed E-state index contributed by atoms with van der Waals surface area (Å²) in [7, 11) is 1.66. The minimum atomic E-state index is -0.347. The molecule has 1 N–H and O–H groups in total. The van der Waals surface area contributed by atoms with Crippen molar-refractivity contribution in [3.8, 4) is 40.3 Å². The third kappa shape index (κ3) is 3.25. The summed E-state index contributed by atoms with van der Waals surface area (Å²) in [5.41, 5.74) is 5.36. The van der Waals surface area contributed by atoms with Gasteiger partial charge in [-0.2, -0.15) is 5.10 Å². The molecule has 3 aromatic carbocycles. The summed E-state index contributed by atoms with van der Waals surface area (Å²) in [6.45, 7) is 1.97. The molecule has 0 fully saturated rings. The monoisotopic (exact) mass is 502 g/mol. The lowest BCUT2D eigenvalue weighted by Crippen LogP contribution is -2.16. The standard InChI is InChI=1S/C29H22N6O3/c1-17-23-24(20-13-7-9-15-22(20)37-2)25-27-31-26(19-12-6-8-14-21(19)36)33-34(27)16-30-28(25)38-29(23)35(32-17)18-10-4-3-5-11-18/h3-16,24,36H,1-2H3/t24-/m0/s1. The number of phenols is 1. The van der Waals surface area contributed by atoms with E-state index in [9.17, 15) is 5.11 Å². The molecular formula is C29H22N6O3. The van der Waals surface area contributed by atoms with Gasteiger partial charge in [-0.1, -0.05) is 48.5 Å². The molecule has 0 amide bonds. The lowest BCUT2D eigenvalue weighted by Gasteiger charge is -2.27. The summed E-state index contributed by atoms with van der Waals surface area (Å²) in [4.78, 5) is 9.50. The third-order valence-corrected chi connectivity index (χ3v) is 6.82. The summed E-state index contributed by atoms with van der Waals surface area (Å²) < 4.78 is 15.7. The first kappa shape index (κ1) is 22.1. The van der Waals surface area contributed by atoms with Crippen molar-refractivity contribution in [1.29, 1.82) is 0 Å². The lowest BCUT2D eigenvalue weighted by molar-refractivity contribution is 0.393. The Kier molecular flexibility index (Phi) is 4.90. The van der Waals surface area contributed by atoms with Crippen LogP contribution in [0.5, 0.6) is 23.3 Å². The maximum absolute atomic E-state index is 10.4. The van der Waals surface area contributed by atoms with Crippen molar-refractivity contribution in [3.63, 3.8) is 0 Å². The highest BCUT2D eigenvalue weighted by Crippen LogP contribution is 2.51. The second kappa shape index (κ2) is 8.45. The van der Waals surface area contributed by atoms with Crippen LogP contribution in [-0.4, -0.2) is 41.6 Å². The van der Waals surface area contributed by atoms with Gasteiger partial charge in [0.2, 0.25) is 11.8 Å². The van der Waals surface area contributed by atoms with E-state index in [1.54, 1.807) is 40.8 Å². The molecule has 6 aromatic rings. The van der Waals surface area contributed by atoms with E-state index in [1.807, 2.05) is 67.6 Å². The third-order valence-electron chi connectivity index (χ3n) is 6.82. The van der Waals surface area contributed by atoms with E-state index in [0.717, 1.165) is 33.8 Å². The molecular weight excluding hydrogens is 480 g/mol. The van der Waals surface area contributed by atoms with Crippen molar-refractivity contribution >= 4 is 5.65 Å². The van der Waals surface area contributed by atoms with E-state index in [-0.39, 0.29) is 11.7 Å². The van der Waals surface area contributed by atoms with E-state index in [1.165, 1.54) is 0 Å². The highest BCUT2D eigenvalue weighted by molar-refractivity contribution is 5.71. The Balaban J connectivity index is 1.52. The van der Waals surface area contributed by atoms with Crippen LogP contribution in [0, 0.1) is 6.92 Å². The van der Waals surface area contributed by atoms with Crippen molar-refractivity contribution in [2.45, 2.75) is 12.8 Å². The van der Waals surface area contributed by atoms with Gasteiger partial charge in [-0.05, 0) is 37.3 Å². The van der Waals surface area contributed by atoms with Gasteiger partial charge >= 0.3 is 0 Å². The van der Waals surface area contributed by atoms with Crippen molar-refractivity contribution in [2.24, 2.45) is 0 Å². The number of fused-ring (bicyclic) bond motifs is 4. The van der Waals surface area contributed by atoms with E-state index in [4.69, 9.17) is 19.6 Å². The number of hydrogen-bond donors (Lipinski definition) is 1. The average molecular weight is 503 g/mol. The summed E-state index contributed by atoms with van der Waals surface area (Å²) in [5, 5.41) is 19.9. The van der Waals surface area contributed by atoms with Crippen molar-refractivity contribution < 1.29 is 14.6 Å². The van der Waals surface area contributed by atoms with Crippen LogP contribution >= 0.6 is 0 Å². The molecule has 9 nitrogen and oxygen atoms in total. The number of nitrogens with zero attached hydrogens (tertiary/aromatic N) is 6. The number of hydrogen-bond acceptors (Lipinski definition) is 7. The fourth-order valence-electron chi connectivity index (χ4n) is 5.12. The van der Waals surface area contributed by atoms with Gasteiger partial charge in [0, 0.05) is 5.56 Å². The van der Waals surface area contributed by atoms with Crippen LogP contribution in [0.15, 0.2) is 85.2 Å². The SMILES string of the molecule is COc1ccccc1[C@H]1c2c(C)nn(-c3ccccc3)c2Oc2ncn3nc(-c4ccccc4O)nc3c21. The molecule has 0 radical (unpaired) electrons. The van der Waals surface area contributed by atoms with E-state index >= 15 is 0 Å². The van der Waals surface area contributed by atoms with E-state index in [0.29, 0.717) is 28.8 Å². The van der Waals surface area contributed by atoms with Crippen LogP contribution in [0.25, 0.3) is 22.7 Å². The number of aromatic hydroxyl groups is 1. The molecule has 9 heteroatoms. The van der Waals surface area contributed by atoms with E-state index in [2.05, 4.69) is 10.1 Å². The number of rotatable bonds is 4. The van der Waals surface area contributed by atoms with Gasteiger partial charge in [-0.3, -0.25) is 0 Å². The summed E-state index contributed by atoms with van der Waals surface area (Å²) >= 11 is 0. The first-order valence-electron chi connectivity index (χ1n) is 12.1. The predicted molar refractivity (Wildman–Crippen MR) is 140 cm³/mol. The minimum absolute atomic E-state index is 0.102. The van der Waals surface area contributed by atoms with Gasteiger partial charge in [0.25, 0.3) is 0 Å². The topological polar surface area (TPSA) is 99.6 Å². The quantitative estimate of drug-likeness (QED) is 0.349. The molecule has 0 spiro atoms. The number of phenolic OH excluding ortho intramolecular Hbond substituents is 1. The molecule has 4 heterocycles. The average Bonchev–Trinajstić information content (AvgIpc) is 3.54. The highest BCUT2D eigenvalue weighted by Gasteiger charge is 2.39. The summed E-state index contributed by atoms with van der Waals surface area (Å²) in [6, 6.07) is 24.7. The summed E-state index contributed by atoms with van der Waals surface area (Å²) in [6.07, 6.45) is 1.57. The Hall–Kier alpha value is -5.18. The normalized spacial score (nSPS) is 14.1. The van der Waals surface area contributed by atoms with Crippen LogP contribution in [0.1, 0.15) is 28.3 Å². The van der Waals surface area contributed by atoms with Crippen LogP contribution < -0.4 is 9.47 Å². The Labute approximate surface area is 217 Å². The number of benzene rings is 3. The molecule has 38 heavy (non-hydrogen) atoms. The molecule has 0 aliphatic carbocycles. The highest BCUT2D eigenvalue weighted by atomic mass is 16.5. The number of aromatic nitrogens is 6. The van der Waals surface area contributed by atoms with Gasteiger partial charge in [0.05, 0.1) is 41.1 Å². The van der Waals surface area contributed by atoms with Gasteiger partial charge in [0.15, 0.2) is 11.5 Å². The number of methoxy groups -OCH3 is 1. The van der Waals surface area contributed by atoms with Gasteiger partial charge in [-0.15, -0.1) is 5.10 Å². The second-order valence-corrected chi connectivity index (χ2v) is 9.01. The summed E-state index contributed by atoms with van der Waals surface area (Å²) in [5.74, 6) is 1.87. The van der Waals surface area contributed by atoms with E-state index < -0.39 is 0 Å². The molecule has 1 atom stereocenters. The second-order valence-electron chi connectivity index (χ2n) is 9.01. The number of para-hydroxylation sites is 3. The zero-order chi connectivity index (χ0) is 25.8. The Morgan fingerprint density at radius 1 is 0.895 bits per heavy atom. The molecule has 1 aliphatic rings. The van der Waals surface area contributed by atoms with Crippen LogP contribution in [0.4, 0.5) is 0 Å². The molecule has 0 saturated carbocycles. The largest absolute Gasteiger partial charge is 0.507 e. The first-order chi connectivity index (χ1) is 18.6. The van der Waals surface area contributed by atoms with Gasteiger partial charge in [0.1, 0.15) is 17.8 Å². The minimum Gasteiger partial charge on any atom is -0.507 e. The predicted octanol–water partition coefficient (Wildman–Crippen LogP) is 5.29. The molecule has 0 bridgehead atoms. The molecule has 3 aromatic heterocycles. The zero-order valence-electron chi connectivity index (χ0n) is 20.6. The smallest absolute Gasteiger partial charge is 0.230 e. The van der Waals surface area contributed by atoms with Crippen molar-refractivity contribution in [1.82, 2.24) is 29.4 Å². The molecule has 186 valence electrons. The zero-order valence-corrected chi connectivity index (χ0v) is 20.6. The maximum Gasteiger partial charge on any atom is 0.230 e. The van der Waals surface area contributed by atoms with Crippen molar-refractivity contribution in [2.75, 3.05) is 7.11 Å². The fraction of sp³-hybridized carbons (Fsp3) is 0.103. The van der Waals surface area contributed by atoms with Gasteiger partial charge in [-0.25, -0.2) is 19.2 Å². The molecule has 0 saturated heterocycles. The van der Waals surface area contributed by atoms with Crippen molar-refractivity contribution in [3.05, 3.63) is 108 Å². The maximum atomic E-state index is 10.4. The number of aryl methyl sites for hydroxylation is 1. The fourth-order valence-corrected chi connectivity index (χ4v) is 5.12. The van der Waals surface area contributed by atoms with Crippen LogP contribution in [0.3, 0.4) is 0 Å². The number of ether oxygens (including phenoxy) is 2. The Bertz CT molecular complexity index is 1830. The Morgan fingerprint density at radius 2 is 1.66 bits per heavy atom.